The number of rotatable bonds is 5. The molecule has 1 fully saturated rings. The quantitative estimate of drug-likeness (QED) is 0.713. The number of hydrogen-bond acceptors (Lipinski definition) is 3. The molecule has 0 aliphatic carbocycles. The van der Waals surface area contributed by atoms with Crippen LogP contribution in [-0.4, -0.2) is 35.1 Å². The molecule has 5 heteroatoms. The summed E-state index contributed by atoms with van der Waals surface area (Å²) in [7, 11) is 0. The van der Waals surface area contributed by atoms with Gasteiger partial charge in [0.2, 0.25) is 5.91 Å². The molecular formula is C24H29N3O2. The summed E-state index contributed by atoms with van der Waals surface area (Å²) in [5, 5.41) is 3.16. The number of aryl methyl sites for hydroxylation is 2. The average molecular weight is 392 g/mol. The molecule has 0 unspecified atom stereocenters. The SMILES string of the molecule is Cc1ccc(-c2nc3ccc(C)cn3c2CC(=O)NCC2(C)CCOCC2)cc1. The zero-order chi connectivity index (χ0) is 20.4. The van der Waals surface area contributed by atoms with Gasteiger partial charge < -0.3 is 14.5 Å². The lowest BCUT2D eigenvalue weighted by atomic mass is 9.82. The Morgan fingerprint density at radius 3 is 2.52 bits per heavy atom. The van der Waals surface area contributed by atoms with E-state index in [4.69, 9.17) is 9.72 Å². The van der Waals surface area contributed by atoms with Crippen LogP contribution in [0.25, 0.3) is 16.9 Å². The van der Waals surface area contributed by atoms with Gasteiger partial charge >= 0.3 is 0 Å². The molecule has 4 rings (SSSR count). The van der Waals surface area contributed by atoms with Crippen LogP contribution in [0.5, 0.6) is 0 Å². The number of ether oxygens (including phenoxy) is 1. The highest BCUT2D eigenvalue weighted by Crippen LogP contribution is 2.29. The lowest BCUT2D eigenvalue weighted by Crippen LogP contribution is -2.40. The van der Waals surface area contributed by atoms with Gasteiger partial charge in [-0.15, -0.1) is 0 Å². The summed E-state index contributed by atoms with van der Waals surface area (Å²) in [5.74, 6) is 0.0365. The van der Waals surface area contributed by atoms with Gasteiger partial charge in [-0.2, -0.15) is 0 Å². The molecule has 1 aromatic carbocycles. The monoisotopic (exact) mass is 391 g/mol. The van der Waals surface area contributed by atoms with Gasteiger partial charge in [-0.05, 0) is 43.7 Å². The third kappa shape index (κ3) is 4.35. The van der Waals surface area contributed by atoms with E-state index in [9.17, 15) is 4.79 Å². The fraction of sp³-hybridized carbons (Fsp3) is 0.417. The van der Waals surface area contributed by atoms with Crippen LogP contribution >= 0.6 is 0 Å². The molecule has 0 radical (unpaired) electrons. The van der Waals surface area contributed by atoms with Crippen LogP contribution in [-0.2, 0) is 16.0 Å². The van der Waals surface area contributed by atoms with Crippen molar-refractivity contribution in [3.05, 3.63) is 59.4 Å². The van der Waals surface area contributed by atoms with Crippen molar-refractivity contribution in [1.29, 1.82) is 0 Å². The lowest BCUT2D eigenvalue weighted by molar-refractivity contribution is -0.121. The van der Waals surface area contributed by atoms with Gasteiger partial charge in [0, 0.05) is 31.5 Å². The van der Waals surface area contributed by atoms with E-state index >= 15 is 0 Å². The summed E-state index contributed by atoms with van der Waals surface area (Å²) < 4.78 is 7.52. The average Bonchev–Trinajstić information content (AvgIpc) is 3.05. The number of pyridine rings is 1. The number of benzene rings is 1. The molecule has 2 aromatic heterocycles. The fourth-order valence-corrected chi connectivity index (χ4v) is 3.88. The Labute approximate surface area is 172 Å². The topological polar surface area (TPSA) is 55.6 Å². The van der Waals surface area contributed by atoms with Gasteiger partial charge in [-0.3, -0.25) is 4.79 Å². The first kappa shape index (κ1) is 19.6. The molecule has 1 aliphatic rings. The van der Waals surface area contributed by atoms with Crippen molar-refractivity contribution < 1.29 is 9.53 Å². The van der Waals surface area contributed by atoms with Crippen LogP contribution in [0.3, 0.4) is 0 Å². The predicted molar refractivity (Wildman–Crippen MR) is 115 cm³/mol. The van der Waals surface area contributed by atoms with E-state index in [0.29, 0.717) is 13.0 Å². The van der Waals surface area contributed by atoms with Gasteiger partial charge in [0.1, 0.15) is 5.65 Å². The number of amides is 1. The number of nitrogens with one attached hydrogen (secondary N) is 1. The zero-order valence-electron chi connectivity index (χ0n) is 17.5. The summed E-state index contributed by atoms with van der Waals surface area (Å²) in [6, 6.07) is 12.4. The van der Waals surface area contributed by atoms with Crippen molar-refractivity contribution in [2.45, 2.75) is 40.0 Å². The summed E-state index contributed by atoms with van der Waals surface area (Å²) in [5.41, 5.74) is 6.18. The van der Waals surface area contributed by atoms with Gasteiger partial charge in [-0.1, -0.05) is 42.8 Å². The van der Waals surface area contributed by atoms with Crippen molar-refractivity contribution in [2.75, 3.05) is 19.8 Å². The first-order chi connectivity index (χ1) is 13.9. The fourth-order valence-electron chi connectivity index (χ4n) is 3.88. The number of carbonyl (C=O) groups excluding carboxylic acids is 1. The molecule has 1 N–H and O–H groups in total. The Morgan fingerprint density at radius 1 is 1.10 bits per heavy atom. The molecule has 1 aliphatic heterocycles. The molecule has 3 heterocycles. The number of imidazole rings is 1. The van der Waals surface area contributed by atoms with E-state index in [2.05, 4.69) is 67.0 Å². The normalized spacial score (nSPS) is 16.1. The molecule has 1 amide bonds. The molecule has 152 valence electrons. The largest absolute Gasteiger partial charge is 0.381 e. The highest BCUT2D eigenvalue weighted by atomic mass is 16.5. The Kier molecular flexibility index (Phi) is 5.41. The van der Waals surface area contributed by atoms with Crippen LogP contribution in [0, 0.1) is 19.3 Å². The number of aromatic nitrogens is 2. The second kappa shape index (κ2) is 7.99. The van der Waals surface area contributed by atoms with Gasteiger partial charge in [0.05, 0.1) is 17.8 Å². The maximum atomic E-state index is 12.9. The summed E-state index contributed by atoms with van der Waals surface area (Å²) in [6.45, 7) is 8.59. The summed E-state index contributed by atoms with van der Waals surface area (Å²) in [4.78, 5) is 17.7. The predicted octanol–water partition coefficient (Wildman–Crippen LogP) is 4.09. The van der Waals surface area contributed by atoms with Gasteiger partial charge in [-0.25, -0.2) is 4.98 Å². The Bertz CT molecular complexity index is 1010. The summed E-state index contributed by atoms with van der Waals surface area (Å²) >= 11 is 0. The number of hydrogen-bond donors (Lipinski definition) is 1. The van der Waals surface area contributed by atoms with E-state index < -0.39 is 0 Å². The van der Waals surface area contributed by atoms with Crippen LogP contribution in [0.1, 0.15) is 36.6 Å². The van der Waals surface area contributed by atoms with E-state index in [1.807, 2.05) is 6.07 Å². The molecule has 1 saturated heterocycles. The Balaban J connectivity index is 1.61. The molecule has 3 aromatic rings. The third-order valence-electron chi connectivity index (χ3n) is 5.93. The van der Waals surface area contributed by atoms with Crippen molar-refractivity contribution in [1.82, 2.24) is 14.7 Å². The minimum atomic E-state index is 0.0365. The van der Waals surface area contributed by atoms with Crippen molar-refractivity contribution in [3.8, 4) is 11.3 Å². The highest BCUT2D eigenvalue weighted by Gasteiger charge is 2.28. The molecular weight excluding hydrogens is 362 g/mol. The molecule has 0 saturated carbocycles. The number of nitrogens with zero attached hydrogens (tertiary/aromatic N) is 2. The number of fused-ring (bicyclic) bond motifs is 1. The van der Waals surface area contributed by atoms with Crippen molar-refractivity contribution in [3.63, 3.8) is 0 Å². The van der Waals surface area contributed by atoms with Crippen molar-refractivity contribution in [2.24, 2.45) is 5.41 Å². The first-order valence-electron chi connectivity index (χ1n) is 10.3. The number of carbonyl (C=O) groups is 1. The maximum absolute atomic E-state index is 12.9. The second-order valence-electron chi connectivity index (χ2n) is 8.58. The first-order valence-corrected chi connectivity index (χ1v) is 10.3. The van der Waals surface area contributed by atoms with Crippen LogP contribution in [0.2, 0.25) is 0 Å². The lowest BCUT2D eigenvalue weighted by Gasteiger charge is -2.33. The van der Waals surface area contributed by atoms with Crippen molar-refractivity contribution >= 4 is 11.6 Å². The van der Waals surface area contributed by atoms with E-state index in [1.54, 1.807) is 0 Å². The second-order valence-corrected chi connectivity index (χ2v) is 8.58. The molecule has 0 bridgehead atoms. The molecule has 29 heavy (non-hydrogen) atoms. The minimum Gasteiger partial charge on any atom is -0.381 e. The minimum absolute atomic E-state index is 0.0365. The molecule has 5 nitrogen and oxygen atoms in total. The smallest absolute Gasteiger partial charge is 0.226 e. The van der Waals surface area contributed by atoms with Gasteiger partial charge in [0.25, 0.3) is 0 Å². The molecule has 0 spiro atoms. The van der Waals surface area contributed by atoms with Crippen LogP contribution in [0.15, 0.2) is 42.6 Å². The Hall–Kier alpha value is -2.66. The van der Waals surface area contributed by atoms with Crippen LogP contribution < -0.4 is 5.32 Å². The summed E-state index contributed by atoms with van der Waals surface area (Å²) in [6.07, 6.45) is 4.33. The van der Waals surface area contributed by atoms with E-state index in [1.165, 1.54) is 5.56 Å². The van der Waals surface area contributed by atoms with Gasteiger partial charge in [0.15, 0.2) is 0 Å². The standard InChI is InChI=1S/C24H29N3O2/c1-17-4-7-19(8-5-17)23-20(27-15-18(2)6-9-21(27)26-23)14-22(28)25-16-24(3)10-12-29-13-11-24/h4-9,15H,10-14,16H2,1-3H3,(H,25,28). The molecule has 0 atom stereocenters. The Morgan fingerprint density at radius 2 is 1.79 bits per heavy atom. The van der Waals surface area contributed by atoms with E-state index in [-0.39, 0.29) is 11.3 Å². The third-order valence-corrected chi connectivity index (χ3v) is 5.93. The van der Waals surface area contributed by atoms with Crippen LogP contribution in [0.4, 0.5) is 0 Å². The maximum Gasteiger partial charge on any atom is 0.226 e. The highest BCUT2D eigenvalue weighted by molar-refractivity contribution is 5.81. The zero-order valence-corrected chi connectivity index (χ0v) is 17.5. The van der Waals surface area contributed by atoms with E-state index in [0.717, 1.165) is 54.2 Å².